The molecule has 4 aliphatic rings. The number of hydrogen-bond donors (Lipinski definition) is 3. The summed E-state index contributed by atoms with van der Waals surface area (Å²) in [6, 6.07) is 0. The lowest BCUT2D eigenvalue weighted by molar-refractivity contribution is -0.274. The van der Waals surface area contributed by atoms with Crippen LogP contribution in [0.1, 0.15) is 112 Å². The number of carbonyl (C=O) groups excluding carboxylic acids is 1. The van der Waals surface area contributed by atoms with Crippen LogP contribution in [0.5, 0.6) is 0 Å². The zero-order valence-electron chi connectivity index (χ0n) is 22.5. The van der Waals surface area contributed by atoms with Crippen LogP contribution < -0.4 is 0 Å². The normalized spacial score (nSPS) is 49.2. The lowest BCUT2D eigenvalue weighted by atomic mass is 9.42. The molecule has 10 atom stereocenters. The van der Waals surface area contributed by atoms with Gasteiger partial charge in [-0.1, -0.05) is 47.5 Å². The summed E-state index contributed by atoms with van der Waals surface area (Å²) in [7, 11) is 0. The summed E-state index contributed by atoms with van der Waals surface area (Å²) < 4.78 is 5.82. The van der Waals surface area contributed by atoms with E-state index < -0.39 is 23.4 Å². The lowest BCUT2D eigenvalue weighted by Gasteiger charge is -2.66. The van der Waals surface area contributed by atoms with Gasteiger partial charge in [0.15, 0.2) is 0 Å². The number of fused-ring (bicyclic) bond motifs is 5. The van der Waals surface area contributed by atoms with Crippen LogP contribution in [-0.2, 0) is 9.53 Å². The van der Waals surface area contributed by atoms with Crippen LogP contribution in [0.15, 0.2) is 0 Å². The van der Waals surface area contributed by atoms with Gasteiger partial charge in [0.05, 0.1) is 11.7 Å². The quantitative estimate of drug-likeness (QED) is 0.455. The molecule has 0 aromatic heterocycles. The number of hydrogen-bond acceptors (Lipinski definition) is 5. The molecule has 4 fully saturated rings. The van der Waals surface area contributed by atoms with Gasteiger partial charge in [0.1, 0.15) is 11.7 Å². The fourth-order valence-corrected chi connectivity index (χ4v) is 9.51. The van der Waals surface area contributed by atoms with Gasteiger partial charge in [-0.2, -0.15) is 0 Å². The van der Waals surface area contributed by atoms with Crippen molar-refractivity contribution in [2.24, 2.45) is 40.4 Å². The standard InChI is InChI=1S/C29H50O5/c1-18(2)8-7-9-19(3)28(32)15-12-24-22-16-25(34-20(4)30)29(33)17-21(31)10-13-27(29,6)23(22)11-14-26(24,28)5/h18-19,21-25,31-33H,7-17H2,1-6H3/t19-,21+,22-,23+,24+,25-,26+,27-,28+,29+/m1/s1. The average Bonchev–Trinajstić information content (AvgIpc) is 3.02. The van der Waals surface area contributed by atoms with Crippen molar-refractivity contribution in [2.45, 2.75) is 136 Å². The molecule has 4 aliphatic carbocycles. The first-order valence-corrected chi connectivity index (χ1v) is 14.1. The Morgan fingerprint density at radius 1 is 0.971 bits per heavy atom. The first-order chi connectivity index (χ1) is 15.8. The van der Waals surface area contributed by atoms with Gasteiger partial charge in [-0.3, -0.25) is 4.79 Å². The van der Waals surface area contributed by atoms with Crippen LogP contribution >= 0.6 is 0 Å². The highest BCUT2D eigenvalue weighted by molar-refractivity contribution is 5.66. The third kappa shape index (κ3) is 3.87. The Kier molecular flexibility index (Phi) is 7.01. The zero-order chi connectivity index (χ0) is 25.1. The number of aliphatic hydroxyl groups is 3. The molecule has 3 N–H and O–H groups in total. The maximum atomic E-state index is 12.2. The molecular formula is C29H50O5. The van der Waals surface area contributed by atoms with E-state index in [2.05, 4.69) is 34.6 Å². The fraction of sp³-hybridized carbons (Fsp3) is 0.966. The summed E-state index contributed by atoms with van der Waals surface area (Å²) in [5.41, 5.74) is -2.38. The molecule has 0 unspecified atom stereocenters. The monoisotopic (exact) mass is 478 g/mol. The molecule has 196 valence electrons. The van der Waals surface area contributed by atoms with E-state index in [-0.39, 0.29) is 29.1 Å². The Bertz CT molecular complexity index is 768. The molecule has 34 heavy (non-hydrogen) atoms. The molecule has 5 nitrogen and oxygen atoms in total. The summed E-state index contributed by atoms with van der Waals surface area (Å²) in [4.78, 5) is 12.1. The minimum atomic E-state index is -1.19. The highest BCUT2D eigenvalue weighted by Gasteiger charge is 2.70. The van der Waals surface area contributed by atoms with Crippen molar-refractivity contribution >= 4 is 5.97 Å². The summed E-state index contributed by atoms with van der Waals surface area (Å²) in [5.74, 6) is 1.62. The Hall–Kier alpha value is -0.650. The fourth-order valence-electron chi connectivity index (χ4n) is 9.51. The highest BCUT2D eigenvalue weighted by atomic mass is 16.6. The number of carbonyl (C=O) groups is 1. The molecule has 4 saturated carbocycles. The molecule has 0 aliphatic heterocycles. The maximum Gasteiger partial charge on any atom is 0.303 e. The molecule has 4 rings (SSSR count). The first-order valence-electron chi connectivity index (χ1n) is 14.1. The van der Waals surface area contributed by atoms with Gasteiger partial charge in [0.2, 0.25) is 0 Å². The Morgan fingerprint density at radius 3 is 2.24 bits per heavy atom. The smallest absolute Gasteiger partial charge is 0.303 e. The van der Waals surface area contributed by atoms with E-state index in [1.807, 2.05) is 0 Å². The maximum absolute atomic E-state index is 12.2. The van der Waals surface area contributed by atoms with E-state index in [1.165, 1.54) is 13.3 Å². The number of rotatable bonds is 6. The van der Waals surface area contributed by atoms with Crippen LogP contribution in [-0.4, -0.2) is 44.7 Å². The van der Waals surface area contributed by atoms with Crippen LogP contribution in [0.3, 0.4) is 0 Å². The molecular weight excluding hydrogens is 428 g/mol. The SMILES string of the molecule is CC(=O)O[C@@H]1C[C@H]2[C@@H]3CC[C@](O)([C@H](C)CCCC(C)C)[C@@]3(C)CC[C@@H]2[C@@]2(C)CC[C@H](O)C[C@]12O. The van der Waals surface area contributed by atoms with Crippen molar-refractivity contribution in [1.82, 2.24) is 0 Å². The van der Waals surface area contributed by atoms with Gasteiger partial charge in [-0.05, 0) is 86.4 Å². The summed E-state index contributed by atoms with van der Waals surface area (Å²) in [5, 5.41) is 34.7. The molecule has 0 amide bonds. The van der Waals surface area contributed by atoms with Crippen molar-refractivity contribution in [3.05, 3.63) is 0 Å². The van der Waals surface area contributed by atoms with Gasteiger partial charge in [0, 0.05) is 18.8 Å². The van der Waals surface area contributed by atoms with Gasteiger partial charge >= 0.3 is 5.97 Å². The van der Waals surface area contributed by atoms with Gasteiger partial charge in [-0.15, -0.1) is 0 Å². The third-order valence-corrected chi connectivity index (χ3v) is 11.6. The Morgan fingerprint density at radius 2 is 1.59 bits per heavy atom. The van der Waals surface area contributed by atoms with Crippen molar-refractivity contribution in [3.63, 3.8) is 0 Å². The van der Waals surface area contributed by atoms with E-state index in [4.69, 9.17) is 4.74 Å². The second-order valence-electron chi connectivity index (χ2n) is 13.6. The molecule has 0 aromatic carbocycles. The Balaban J connectivity index is 1.63. The molecule has 0 aromatic rings. The number of ether oxygens (including phenoxy) is 1. The van der Waals surface area contributed by atoms with Crippen LogP contribution in [0, 0.1) is 40.4 Å². The first kappa shape index (κ1) is 26.4. The lowest BCUT2D eigenvalue weighted by Crippen LogP contribution is -2.69. The molecule has 0 saturated heterocycles. The second-order valence-corrected chi connectivity index (χ2v) is 13.6. The zero-order valence-corrected chi connectivity index (χ0v) is 22.5. The summed E-state index contributed by atoms with van der Waals surface area (Å²) >= 11 is 0. The predicted octanol–water partition coefficient (Wildman–Crippen LogP) is 5.24. The molecule has 0 heterocycles. The minimum Gasteiger partial charge on any atom is -0.459 e. The molecule has 0 radical (unpaired) electrons. The van der Waals surface area contributed by atoms with Crippen molar-refractivity contribution < 1.29 is 24.9 Å². The van der Waals surface area contributed by atoms with Crippen molar-refractivity contribution in [1.29, 1.82) is 0 Å². The molecule has 0 bridgehead atoms. The largest absolute Gasteiger partial charge is 0.459 e. The average molecular weight is 479 g/mol. The molecule has 0 spiro atoms. The second kappa shape index (κ2) is 9.03. The van der Waals surface area contributed by atoms with Gasteiger partial charge in [-0.25, -0.2) is 0 Å². The van der Waals surface area contributed by atoms with E-state index in [0.717, 1.165) is 44.9 Å². The van der Waals surface area contributed by atoms with E-state index in [0.29, 0.717) is 36.5 Å². The van der Waals surface area contributed by atoms with Crippen LogP contribution in [0.25, 0.3) is 0 Å². The van der Waals surface area contributed by atoms with E-state index >= 15 is 0 Å². The molecule has 5 heteroatoms. The van der Waals surface area contributed by atoms with Crippen LogP contribution in [0.2, 0.25) is 0 Å². The minimum absolute atomic E-state index is 0.147. The number of aliphatic hydroxyl groups excluding tert-OH is 1. The van der Waals surface area contributed by atoms with Gasteiger partial charge < -0.3 is 20.1 Å². The predicted molar refractivity (Wildman–Crippen MR) is 133 cm³/mol. The third-order valence-electron chi connectivity index (χ3n) is 11.6. The number of esters is 1. The van der Waals surface area contributed by atoms with Crippen LogP contribution in [0.4, 0.5) is 0 Å². The topological polar surface area (TPSA) is 87.0 Å². The van der Waals surface area contributed by atoms with Gasteiger partial charge in [0.25, 0.3) is 0 Å². The van der Waals surface area contributed by atoms with Crippen molar-refractivity contribution in [3.8, 4) is 0 Å². The Labute approximate surface area is 207 Å². The van der Waals surface area contributed by atoms with E-state index in [1.54, 1.807) is 0 Å². The highest BCUT2D eigenvalue weighted by Crippen LogP contribution is 2.70. The van der Waals surface area contributed by atoms with E-state index in [9.17, 15) is 20.1 Å². The summed E-state index contributed by atoms with van der Waals surface area (Å²) in [6.07, 6.45) is 8.48. The van der Waals surface area contributed by atoms with Crippen molar-refractivity contribution in [2.75, 3.05) is 0 Å². The summed E-state index contributed by atoms with van der Waals surface area (Å²) in [6.45, 7) is 12.7.